The highest BCUT2D eigenvalue weighted by atomic mass is 28.4. The molecule has 0 amide bonds. The molecule has 6 heteroatoms. The zero-order valence-corrected chi connectivity index (χ0v) is 22.2. The van der Waals surface area contributed by atoms with Crippen LogP contribution >= 0.6 is 0 Å². The third-order valence-electron chi connectivity index (χ3n) is 7.04. The van der Waals surface area contributed by atoms with Crippen molar-refractivity contribution in [3.63, 3.8) is 0 Å². The average Bonchev–Trinajstić information content (AvgIpc) is 2.68. The zero-order valence-electron chi connectivity index (χ0n) is 21.2. The smallest absolute Gasteiger partial charge is 0.342 e. The second-order valence-electron chi connectivity index (χ2n) is 10.8. The van der Waals surface area contributed by atoms with Crippen LogP contribution in [0.2, 0.25) is 18.1 Å². The first-order valence-electron chi connectivity index (χ1n) is 11.9. The number of carboxylic acid groups (broad SMARTS) is 1. The number of carbonyl (C=O) groups excluding carboxylic acids is 1. The van der Waals surface area contributed by atoms with Crippen LogP contribution in [0.3, 0.4) is 0 Å². The topological polar surface area (TPSA) is 72.8 Å². The Morgan fingerprint density at radius 3 is 2.55 bits per heavy atom. The maximum Gasteiger partial charge on any atom is 0.342 e. The van der Waals surface area contributed by atoms with Crippen LogP contribution < -0.4 is 4.43 Å². The molecule has 1 aromatic rings. The molecule has 1 N–H and O–H groups in total. The average molecular weight is 473 g/mol. The number of benzene rings is 1. The van der Waals surface area contributed by atoms with E-state index < -0.39 is 26.4 Å². The summed E-state index contributed by atoms with van der Waals surface area (Å²) in [6.45, 7) is 15.2. The normalized spacial score (nSPS) is 23.7. The van der Waals surface area contributed by atoms with E-state index in [-0.39, 0.29) is 5.04 Å². The molecule has 0 bridgehead atoms. The molecule has 0 aliphatic carbocycles. The van der Waals surface area contributed by atoms with Gasteiger partial charge in [0.25, 0.3) is 8.32 Å². The molecule has 5 nitrogen and oxygen atoms in total. The summed E-state index contributed by atoms with van der Waals surface area (Å²) in [6, 6.07) is 5.75. The molecule has 0 aromatic heterocycles. The molecule has 1 heterocycles. The second kappa shape index (κ2) is 11.2. The minimum Gasteiger partial charge on any atom is -0.543 e. The number of fused-ring (bicyclic) bond motifs is 1. The molecular weight excluding hydrogens is 432 g/mol. The van der Waals surface area contributed by atoms with E-state index in [0.29, 0.717) is 42.4 Å². The first kappa shape index (κ1) is 26.9. The van der Waals surface area contributed by atoms with Crippen molar-refractivity contribution in [1.82, 2.24) is 0 Å². The Hall–Kier alpha value is -2.34. The highest BCUT2D eigenvalue weighted by Crippen LogP contribution is 2.39. The summed E-state index contributed by atoms with van der Waals surface area (Å²) in [4.78, 5) is 24.5. The van der Waals surface area contributed by atoms with E-state index in [0.717, 1.165) is 18.1 Å². The number of ether oxygens (including phenoxy) is 1. The number of allylic oxidation sites excluding steroid dienone is 2. The van der Waals surface area contributed by atoms with Gasteiger partial charge < -0.3 is 14.3 Å². The van der Waals surface area contributed by atoms with Crippen LogP contribution in [0.15, 0.2) is 42.5 Å². The van der Waals surface area contributed by atoms with Crippen molar-refractivity contribution in [3.05, 3.63) is 53.6 Å². The van der Waals surface area contributed by atoms with Gasteiger partial charge in [-0.3, -0.25) is 0 Å². The predicted molar refractivity (Wildman–Crippen MR) is 135 cm³/mol. The molecule has 2 rings (SSSR count). The van der Waals surface area contributed by atoms with Gasteiger partial charge in [-0.05, 0) is 60.9 Å². The predicted octanol–water partition coefficient (Wildman–Crippen LogP) is 6.79. The summed E-state index contributed by atoms with van der Waals surface area (Å²) < 4.78 is 12.6. The van der Waals surface area contributed by atoms with E-state index in [9.17, 15) is 9.59 Å². The van der Waals surface area contributed by atoms with Gasteiger partial charge in [-0.15, -0.1) is 0 Å². The molecule has 0 spiro atoms. The number of carboxylic acids is 1. The Kier molecular flexibility index (Phi) is 9.12. The Morgan fingerprint density at radius 1 is 1.21 bits per heavy atom. The van der Waals surface area contributed by atoms with Gasteiger partial charge in [-0.2, -0.15) is 0 Å². The first-order valence-corrected chi connectivity index (χ1v) is 14.8. The Morgan fingerprint density at radius 2 is 1.91 bits per heavy atom. The lowest BCUT2D eigenvalue weighted by Crippen LogP contribution is -2.44. The monoisotopic (exact) mass is 472 g/mol. The van der Waals surface area contributed by atoms with E-state index in [1.54, 1.807) is 6.08 Å². The number of carbonyl (C=O) groups is 2. The highest BCUT2D eigenvalue weighted by Gasteiger charge is 2.40. The molecule has 33 heavy (non-hydrogen) atoms. The molecule has 0 unspecified atom stereocenters. The second-order valence-corrected chi connectivity index (χ2v) is 15.5. The fraction of sp³-hybridized carbons (Fsp3) is 0.556. The Labute approximate surface area is 200 Å². The van der Waals surface area contributed by atoms with Gasteiger partial charge in [0, 0.05) is 12.5 Å². The van der Waals surface area contributed by atoms with Gasteiger partial charge in [0.2, 0.25) is 0 Å². The van der Waals surface area contributed by atoms with Crippen molar-refractivity contribution < 1.29 is 23.9 Å². The summed E-state index contributed by atoms with van der Waals surface area (Å²) in [7, 11) is -2.18. The van der Waals surface area contributed by atoms with E-state index in [2.05, 4.69) is 59.9 Å². The standard InChI is InChI=1S/C27H40O5Si/c1-19-12-8-9-13-21-14-10-16-23(32-33(6,7)27(3,4)5)25(21)26(30)31-22(18-20(19)2)15-11-17-24(28)29/h8-11,14,16-17,19-20,22H,12-13,15,18H2,1-7H3,(H,28,29)/b9-8+,17-11+/t19-,20+,22-/m0/s1. The summed E-state index contributed by atoms with van der Waals surface area (Å²) in [5, 5.41) is 8.95. The van der Waals surface area contributed by atoms with Gasteiger partial charge in [-0.25, -0.2) is 9.59 Å². The molecule has 3 atom stereocenters. The summed E-state index contributed by atoms with van der Waals surface area (Å²) in [5.41, 5.74) is 1.37. The van der Waals surface area contributed by atoms with Crippen molar-refractivity contribution in [2.24, 2.45) is 11.8 Å². The van der Waals surface area contributed by atoms with E-state index >= 15 is 0 Å². The lowest BCUT2D eigenvalue weighted by atomic mass is 9.87. The lowest BCUT2D eigenvalue weighted by Gasteiger charge is -2.37. The van der Waals surface area contributed by atoms with Crippen molar-refractivity contribution >= 4 is 20.3 Å². The minimum atomic E-state index is -2.18. The Bertz CT molecular complexity index is 894. The van der Waals surface area contributed by atoms with Crippen LogP contribution in [0.5, 0.6) is 5.75 Å². The minimum absolute atomic E-state index is 0.0132. The summed E-state index contributed by atoms with van der Waals surface area (Å²) in [6.07, 6.45) is 9.22. The van der Waals surface area contributed by atoms with E-state index in [1.807, 2.05) is 18.2 Å². The molecule has 1 aliphatic rings. The summed E-state index contributed by atoms with van der Waals surface area (Å²) in [5.74, 6) is -0.0737. The van der Waals surface area contributed by atoms with Crippen molar-refractivity contribution in [3.8, 4) is 5.75 Å². The third-order valence-corrected chi connectivity index (χ3v) is 11.4. The maximum atomic E-state index is 13.5. The van der Waals surface area contributed by atoms with Crippen LogP contribution in [0, 0.1) is 11.8 Å². The first-order chi connectivity index (χ1) is 15.3. The maximum absolute atomic E-state index is 13.5. The van der Waals surface area contributed by atoms with Crippen molar-refractivity contribution in [2.45, 2.75) is 84.5 Å². The van der Waals surface area contributed by atoms with Gasteiger partial charge >= 0.3 is 11.9 Å². The third kappa shape index (κ3) is 7.59. The van der Waals surface area contributed by atoms with Gasteiger partial charge in [0.1, 0.15) is 17.4 Å². The van der Waals surface area contributed by atoms with Crippen LogP contribution in [-0.2, 0) is 16.0 Å². The van der Waals surface area contributed by atoms with Crippen LogP contribution in [0.25, 0.3) is 0 Å². The lowest BCUT2D eigenvalue weighted by molar-refractivity contribution is -0.131. The van der Waals surface area contributed by atoms with Gasteiger partial charge in [-0.1, -0.05) is 65.0 Å². The number of cyclic esters (lactones) is 1. The largest absolute Gasteiger partial charge is 0.543 e. The number of hydrogen-bond donors (Lipinski definition) is 1. The fourth-order valence-electron chi connectivity index (χ4n) is 3.62. The van der Waals surface area contributed by atoms with Crippen LogP contribution in [-0.4, -0.2) is 31.5 Å². The molecule has 182 valence electrons. The molecular formula is C27H40O5Si. The molecule has 1 aliphatic heterocycles. The number of rotatable bonds is 5. The van der Waals surface area contributed by atoms with Crippen molar-refractivity contribution in [2.75, 3.05) is 0 Å². The van der Waals surface area contributed by atoms with Crippen LogP contribution in [0.4, 0.5) is 0 Å². The molecule has 0 saturated heterocycles. The summed E-state index contributed by atoms with van der Waals surface area (Å²) >= 11 is 0. The van der Waals surface area contributed by atoms with E-state index in [4.69, 9.17) is 14.3 Å². The molecule has 1 aromatic carbocycles. The molecule has 0 saturated carbocycles. The number of hydrogen-bond acceptors (Lipinski definition) is 4. The number of aliphatic carboxylic acids is 1. The number of esters is 1. The zero-order chi connectivity index (χ0) is 24.8. The fourth-order valence-corrected chi connectivity index (χ4v) is 4.64. The van der Waals surface area contributed by atoms with Gasteiger partial charge in [0.05, 0.1) is 0 Å². The van der Waals surface area contributed by atoms with Crippen LogP contribution in [0.1, 0.15) is 69.8 Å². The highest BCUT2D eigenvalue weighted by molar-refractivity contribution is 6.74. The van der Waals surface area contributed by atoms with Crippen molar-refractivity contribution in [1.29, 1.82) is 0 Å². The SMILES string of the molecule is C[C@@H]1C[C@H](C/C=C/C(=O)O)OC(=O)c2c(cccc2O[Si](C)(C)C(C)(C)C)C/C=C/C[C@@H]1C. The van der Waals surface area contributed by atoms with Gasteiger partial charge in [0.15, 0.2) is 0 Å². The molecule has 0 radical (unpaired) electrons. The quantitative estimate of drug-likeness (QED) is 0.221. The molecule has 0 fully saturated rings. The van der Waals surface area contributed by atoms with E-state index in [1.165, 1.54) is 0 Å². The Balaban J connectivity index is 2.48.